The number of hydrogen-bond donors (Lipinski definition) is 0. The van der Waals surface area contributed by atoms with Crippen LogP contribution in [0.2, 0.25) is 0 Å². The first-order valence-electron chi connectivity index (χ1n) is 8.79. The van der Waals surface area contributed by atoms with Gasteiger partial charge in [0.05, 0.1) is 24.3 Å². The Morgan fingerprint density at radius 1 is 1.29 bits per heavy atom. The van der Waals surface area contributed by atoms with Crippen molar-refractivity contribution < 1.29 is 27.4 Å². The highest BCUT2D eigenvalue weighted by atomic mass is 19.4. The zero-order valence-corrected chi connectivity index (χ0v) is 15.9. The summed E-state index contributed by atoms with van der Waals surface area (Å²) in [4.78, 5) is 16.5. The van der Waals surface area contributed by atoms with E-state index in [1.807, 2.05) is 0 Å². The van der Waals surface area contributed by atoms with Gasteiger partial charge in [-0.05, 0) is 50.4 Å². The van der Waals surface area contributed by atoms with Gasteiger partial charge in [-0.2, -0.15) is 13.2 Å². The van der Waals surface area contributed by atoms with Gasteiger partial charge in [-0.25, -0.2) is 4.79 Å². The van der Waals surface area contributed by atoms with Crippen LogP contribution in [0.5, 0.6) is 0 Å². The normalized spacial score (nSPS) is 20.4. The average molecular weight is 400 g/mol. The van der Waals surface area contributed by atoms with Crippen LogP contribution < -0.4 is 0 Å². The summed E-state index contributed by atoms with van der Waals surface area (Å²) in [5, 5.41) is 3.71. The molecule has 1 heterocycles. The number of carbonyl (C=O) groups is 1. The molecule has 0 spiro atoms. The molecule has 1 aromatic rings. The van der Waals surface area contributed by atoms with Crippen molar-refractivity contribution in [3.8, 4) is 0 Å². The number of benzene rings is 1. The maximum Gasteiger partial charge on any atom is 0.416 e. The molecular formula is C18H23F3N4O3. The number of nitrogens with zero attached hydrogens (tertiary/aromatic N) is 4. The van der Waals surface area contributed by atoms with Crippen LogP contribution in [-0.2, 0) is 22.3 Å². The fourth-order valence-corrected chi connectivity index (χ4v) is 2.77. The van der Waals surface area contributed by atoms with Gasteiger partial charge in [0.25, 0.3) is 0 Å². The molecule has 1 aliphatic heterocycles. The first kappa shape index (κ1) is 21.8. The van der Waals surface area contributed by atoms with E-state index in [9.17, 15) is 18.0 Å². The Kier molecular flexibility index (Phi) is 6.79. The predicted molar refractivity (Wildman–Crippen MR) is 95.4 cm³/mol. The van der Waals surface area contributed by atoms with Crippen LogP contribution in [0, 0.1) is 0 Å². The number of hydrogen-bond acceptors (Lipinski definition) is 4. The molecule has 0 unspecified atom stereocenters. The number of azide groups is 1. The monoisotopic (exact) mass is 400 g/mol. The van der Waals surface area contributed by atoms with Crippen LogP contribution in [0.15, 0.2) is 29.4 Å². The van der Waals surface area contributed by atoms with E-state index in [0.717, 1.165) is 12.1 Å². The van der Waals surface area contributed by atoms with Gasteiger partial charge < -0.3 is 14.4 Å². The first-order chi connectivity index (χ1) is 13.0. The minimum Gasteiger partial charge on any atom is -0.444 e. The lowest BCUT2D eigenvalue weighted by atomic mass is 10.0. The van der Waals surface area contributed by atoms with Gasteiger partial charge in [-0.3, -0.25) is 0 Å². The van der Waals surface area contributed by atoms with Crippen molar-refractivity contribution in [3.05, 3.63) is 45.8 Å². The zero-order valence-electron chi connectivity index (χ0n) is 15.9. The number of rotatable bonds is 4. The number of piperidine rings is 1. The zero-order chi connectivity index (χ0) is 20.9. The summed E-state index contributed by atoms with van der Waals surface area (Å²) in [6.07, 6.45) is -4.91. The lowest BCUT2D eigenvalue weighted by Crippen LogP contribution is -2.50. The standard InChI is InChI=1S/C18H23F3N4O3/c1-17(2,3)28-16(26)25-9-8-15(14(10-25)23-24-22)27-11-12-4-6-13(7-5-12)18(19,20)21/h4-7,14-15H,8-11H2,1-3H3/t14-,15-/m1/s1. The molecule has 154 valence electrons. The Morgan fingerprint density at radius 2 is 1.93 bits per heavy atom. The Hall–Kier alpha value is -2.45. The Bertz CT molecular complexity index is 725. The summed E-state index contributed by atoms with van der Waals surface area (Å²) in [5.74, 6) is 0. The molecule has 0 N–H and O–H groups in total. The van der Waals surface area contributed by atoms with Gasteiger partial charge >= 0.3 is 12.3 Å². The van der Waals surface area contributed by atoms with Crippen LogP contribution in [-0.4, -0.2) is 41.8 Å². The second-order valence-electron chi connectivity index (χ2n) is 7.53. The van der Waals surface area contributed by atoms with Crippen LogP contribution >= 0.6 is 0 Å². The van der Waals surface area contributed by atoms with E-state index < -0.39 is 35.6 Å². The van der Waals surface area contributed by atoms with Crippen molar-refractivity contribution in [1.29, 1.82) is 0 Å². The third kappa shape index (κ3) is 6.31. The summed E-state index contributed by atoms with van der Waals surface area (Å²) in [6.45, 7) is 5.87. The van der Waals surface area contributed by atoms with Crippen molar-refractivity contribution >= 4 is 6.09 Å². The SMILES string of the molecule is CC(C)(C)OC(=O)N1CC[C@@H](OCc2ccc(C(F)(F)F)cc2)[C@H](N=[N+]=[N-])C1. The Morgan fingerprint density at radius 3 is 2.46 bits per heavy atom. The summed E-state index contributed by atoms with van der Waals surface area (Å²) in [7, 11) is 0. The maximum atomic E-state index is 12.6. The number of amides is 1. The van der Waals surface area contributed by atoms with E-state index in [2.05, 4.69) is 10.0 Å². The van der Waals surface area contributed by atoms with Crippen LogP contribution in [0.1, 0.15) is 38.3 Å². The van der Waals surface area contributed by atoms with Crippen LogP contribution in [0.25, 0.3) is 10.4 Å². The molecule has 0 radical (unpaired) electrons. The molecule has 0 aromatic heterocycles. The number of alkyl halides is 3. The lowest BCUT2D eigenvalue weighted by molar-refractivity contribution is -0.137. The van der Waals surface area contributed by atoms with Crippen molar-refractivity contribution in [2.24, 2.45) is 5.11 Å². The maximum absolute atomic E-state index is 12.6. The van der Waals surface area contributed by atoms with E-state index in [0.29, 0.717) is 18.5 Å². The van der Waals surface area contributed by atoms with E-state index in [-0.39, 0.29) is 13.2 Å². The summed E-state index contributed by atoms with van der Waals surface area (Å²) in [6, 6.07) is 4.08. The Labute approximate surface area is 161 Å². The number of ether oxygens (including phenoxy) is 2. The van der Waals surface area contributed by atoms with Crippen LogP contribution in [0.3, 0.4) is 0 Å². The van der Waals surface area contributed by atoms with Crippen molar-refractivity contribution in [2.75, 3.05) is 13.1 Å². The molecule has 0 aliphatic carbocycles. The molecule has 1 saturated heterocycles. The molecule has 7 nitrogen and oxygen atoms in total. The average Bonchev–Trinajstić information content (AvgIpc) is 2.59. The molecule has 0 saturated carbocycles. The molecule has 1 amide bonds. The quantitative estimate of drug-likeness (QED) is 0.409. The van der Waals surface area contributed by atoms with Gasteiger partial charge in [0.15, 0.2) is 0 Å². The highest BCUT2D eigenvalue weighted by Gasteiger charge is 2.34. The fraction of sp³-hybridized carbons (Fsp3) is 0.611. The number of carbonyl (C=O) groups excluding carboxylic acids is 1. The number of likely N-dealkylation sites (tertiary alicyclic amines) is 1. The van der Waals surface area contributed by atoms with Crippen LogP contribution in [0.4, 0.5) is 18.0 Å². The lowest BCUT2D eigenvalue weighted by Gasteiger charge is -2.37. The summed E-state index contributed by atoms with van der Waals surface area (Å²) in [5.41, 5.74) is 8.01. The van der Waals surface area contributed by atoms with E-state index in [4.69, 9.17) is 15.0 Å². The second kappa shape index (κ2) is 8.70. The van der Waals surface area contributed by atoms with E-state index in [1.54, 1.807) is 20.8 Å². The fourth-order valence-electron chi connectivity index (χ4n) is 2.77. The molecule has 28 heavy (non-hydrogen) atoms. The number of halogens is 3. The van der Waals surface area contributed by atoms with Gasteiger partial charge in [-0.1, -0.05) is 17.2 Å². The minimum atomic E-state index is -4.39. The smallest absolute Gasteiger partial charge is 0.416 e. The van der Waals surface area contributed by atoms with E-state index >= 15 is 0 Å². The molecule has 2 atom stereocenters. The predicted octanol–water partition coefficient (Wildman–Crippen LogP) is 4.91. The van der Waals surface area contributed by atoms with Crippen molar-refractivity contribution in [2.45, 2.75) is 57.7 Å². The molecule has 1 fully saturated rings. The summed E-state index contributed by atoms with van der Waals surface area (Å²) < 4.78 is 48.9. The third-order valence-corrected chi connectivity index (χ3v) is 4.12. The highest BCUT2D eigenvalue weighted by molar-refractivity contribution is 5.68. The molecule has 1 aromatic carbocycles. The largest absolute Gasteiger partial charge is 0.444 e. The minimum absolute atomic E-state index is 0.0761. The first-order valence-corrected chi connectivity index (χ1v) is 8.79. The van der Waals surface area contributed by atoms with Crippen molar-refractivity contribution in [1.82, 2.24) is 4.90 Å². The molecule has 2 rings (SSSR count). The summed E-state index contributed by atoms with van der Waals surface area (Å²) >= 11 is 0. The molecule has 1 aliphatic rings. The van der Waals surface area contributed by atoms with Gasteiger partial charge in [0, 0.05) is 18.0 Å². The Balaban J connectivity index is 1.96. The second-order valence-corrected chi connectivity index (χ2v) is 7.53. The third-order valence-electron chi connectivity index (χ3n) is 4.12. The highest BCUT2D eigenvalue weighted by Crippen LogP contribution is 2.29. The van der Waals surface area contributed by atoms with Gasteiger partial charge in [0.1, 0.15) is 5.60 Å². The molecule has 0 bridgehead atoms. The molecule has 10 heteroatoms. The van der Waals surface area contributed by atoms with Crippen molar-refractivity contribution in [3.63, 3.8) is 0 Å². The topological polar surface area (TPSA) is 87.5 Å². The van der Waals surface area contributed by atoms with E-state index in [1.165, 1.54) is 17.0 Å². The van der Waals surface area contributed by atoms with Gasteiger partial charge in [-0.15, -0.1) is 0 Å². The van der Waals surface area contributed by atoms with Gasteiger partial charge in [0.2, 0.25) is 0 Å². The molecular weight excluding hydrogens is 377 g/mol.